The highest BCUT2D eigenvalue weighted by Crippen LogP contribution is 2.21. The third kappa shape index (κ3) is 5.34. The number of hydrogen-bond donors (Lipinski definition) is 1. The predicted octanol–water partition coefficient (Wildman–Crippen LogP) is 3.83. The average molecular weight is 385 g/mol. The highest BCUT2D eigenvalue weighted by molar-refractivity contribution is 7.98. The van der Waals surface area contributed by atoms with Gasteiger partial charge in [-0.15, -0.1) is 11.8 Å². The van der Waals surface area contributed by atoms with Crippen LogP contribution in [0.1, 0.15) is 33.1 Å². The lowest BCUT2D eigenvalue weighted by Crippen LogP contribution is -2.43. The molecule has 144 valence electrons. The average Bonchev–Trinajstić information content (AvgIpc) is 2.69. The first-order valence-electron chi connectivity index (χ1n) is 9.39. The van der Waals surface area contributed by atoms with Gasteiger partial charge in [-0.05, 0) is 43.4 Å². The number of nitrogens with one attached hydrogen (secondary N) is 1. The molecule has 0 aliphatic carbocycles. The van der Waals surface area contributed by atoms with Crippen LogP contribution < -0.4 is 5.32 Å². The van der Waals surface area contributed by atoms with Crippen molar-refractivity contribution in [2.75, 3.05) is 39.1 Å². The summed E-state index contributed by atoms with van der Waals surface area (Å²) < 4.78 is 5.46. The molecule has 1 unspecified atom stereocenters. The minimum absolute atomic E-state index is 0.0118. The summed E-state index contributed by atoms with van der Waals surface area (Å²) in [5.41, 5.74) is 4.11. The number of nitrogens with zero attached hydrogens (tertiary/aromatic N) is 1. The number of thioether (sulfide) groups is 1. The molecule has 1 aliphatic heterocycles. The van der Waals surface area contributed by atoms with Gasteiger partial charge in [0.2, 0.25) is 0 Å². The van der Waals surface area contributed by atoms with Crippen LogP contribution in [0.2, 0.25) is 0 Å². The minimum Gasteiger partial charge on any atom is -0.379 e. The molecule has 0 bridgehead atoms. The Hall–Kier alpha value is -1.82. The summed E-state index contributed by atoms with van der Waals surface area (Å²) in [7, 11) is 0. The van der Waals surface area contributed by atoms with Crippen LogP contribution in [0.5, 0.6) is 0 Å². The molecule has 0 saturated carbocycles. The molecule has 1 fully saturated rings. The van der Waals surface area contributed by atoms with Crippen LogP contribution in [0.4, 0.5) is 0 Å². The van der Waals surface area contributed by atoms with E-state index in [1.165, 1.54) is 5.56 Å². The topological polar surface area (TPSA) is 41.6 Å². The summed E-state index contributed by atoms with van der Waals surface area (Å²) in [6.07, 6.45) is 2.03. The van der Waals surface area contributed by atoms with E-state index in [-0.39, 0.29) is 11.9 Å². The van der Waals surface area contributed by atoms with Crippen LogP contribution in [0.3, 0.4) is 0 Å². The quantitative estimate of drug-likeness (QED) is 0.769. The van der Waals surface area contributed by atoms with Crippen molar-refractivity contribution < 1.29 is 9.53 Å². The highest BCUT2D eigenvalue weighted by atomic mass is 32.2. The summed E-state index contributed by atoms with van der Waals surface area (Å²) in [4.78, 5) is 16.5. The van der Waals surface area contributed by atoms with Crippen LogP contribution in [-0.2, 0) is 4.74 Å². The van der Waals surface area contributed by atoms with E-state index < -0.39 is 0 Å². The Balaban J connectivity index is 1.81. The minimum atomic E-state index is -0.0477. The smallest absolute Gasteiger partial charge is 0.252 e. The van der Waals surface area contributed by atoms with Gasteiger partial charge in [-0.2, -0.15) is 0 Å². The highest BCUT2D eigenvalue weighted by Gasteiger charge is 2.21. The summed E-state index contributed by atoms with van der Waals surface area (Å²) in [6, 6.07) is 14.5. The second-order valence-electron chi connectivity index (χ2n) is 7.03. The van der Waals surface area contributed by atoms with E-state index in [4.69, 9.17) is 4.74 Å². The number of benzene rings is 2. The summed E-state index contributed by atoms with van der Waals surface area (Å²) in [6.45, 7) is 8.17. The zero-order chi connectivity index (χ0) is 19.2. The molecule has 1 amide bonds. The Morgan fingerprint density at radius 2 is 1.85 bits per heavy atom. The summed E-state index contributed by atoms with van der Waals surface area (Å²) in [5.74, 6) is -0.0118. The normalized spacial score (nSPS) is 16.1. The fraction of sp³-hybridized carbons (Fsp3) is 0.409. The van der Waals surface area contributed by atoms with Gasteiger partial charge in [0.25, 0.3) is 5.91 Å². The Morgan fingerprint density at radius 1 is 1.15 bits per heavy atom. The van der Waals surface area contributed by atoms with Gasteiger partial charge in [0.05, 0.1) is 19.3 Å². The number of ether oxygens (including phenoxy) is 1. The van der Waals surface area contributed by atoms with E-state index in [0.29, 0.717) is 0 Å². The van der Waals surface area contributed by atoms with Crippen molar-refractivity contribution in [1.82, 2.24) is 10.2 Å². The second-order valence-corrected chi connectivity index (χ2v) is 7.91. The van der Waals surface area contributed by atoms with Gasteiger partial charge in [0.1, 0.15) is 0 Å². The van der Waals surface area contributed by atoms with Crippen molar-refractivity contribution in [3.8, 4) is 0 Å². The van der Waals surface area contributed by atoms with E-state index in [9.17, 15) is 4.79 Å². The fourth-order valence-corrected chi connectivity index (χ4v) is 3.72. The monoisotopic (exact) mass is 384 g/mol. The molecular weight excluding hydrogens is 356 g/mol. The van der Waals surface area contributed by atoms with Crippen molar-refractivity contribution in [3.05, 3.63) is 64.7 Å². The third-order valence-electron chi connectivity index (χ3n) is 5.02. The van der Waals surface area contributed by atoms with Crippen LogP contribution in [0.15, 0.2) is 47.4 Å². The maximum absolute atomic E-state index is 13.1. The number of carbonyl (C=O) groups excluding carboxylic acids is 1. The molecule has 0 radical (unpaired) electrons. The van der Waals surface area contributed by atoms with E-state index in [1.54, 1.807) is 11.8 Å². The van der Waals surface area contributed by atoms with Gasteiger partial charge in [-0.3, -0.25) is 9.69 Å². The molecule has 27 heavy (non-hydrogen) atoms. The molecule has 3 rings (SSSR count). The number of hydrogen-bond acceptors (Lipinski definition) is 4. The van der Waals surface area contributed by atoms with Gasteiger partial charge in [0, 0.05) is 30.1 Å². The number of rotatable bonds is 6. The maximum atomic E-state index is 13.1. The van der Waals surface area contributed by atoms with Crippen molar-refractivity contribution >= 4 is 17.7 Å². The predicted molar refractivity (Wildman–Crippen MR) is 112 cm³/mol. The van der Waals surface area contributed by atoms with Gasteiger partial charge in [0.15, 0.2) is 0 Å². The third-order valence-corrected chi connectivity index (χ3v) is 5.74. The van der Waals surface area contributed by atoms with Crippen molar-refractivity contribution in [3.63, 3.8) is 0 Å². The molecule has 1 aliphatic rings. The molecule has 2 aromatic rings. The summed E-state index contributed by atoms with van der Waals surface area (Å²) in [5, 5.41) is 3.28. The first kappa shape index (κ1) is 19.9. The largest absolute Gasteiger partial charge is 0.379 e. The number of morpholine rings is 1. The molecule has 1 N–H and O–H groups in total. The molecule has 1 heterocycles. The van der Waals surface area contributed by atoms with Crippen molar-refractivity contribution in [2.45, 2.75) is 24.8 Å². The van der Waals surface area contributed by atoms with Crippen LogP contribution in [0, 0.1) is 13.8 Å². The number of aryl methyl sites for hydroxylation is 2. The zero-order valence-electron chi connectivity index (χ0n) is 16.3. The maximum Gasteiger partial charge on any atom is 0.252 e. The molecular formula is C22H28N2O2S. The molecule has 1 saturated heterocycles. The molecule has 4 nitrogen and oxygen atoms in total. The van der Waals surface area contributed by atoms with Gasteiger partial charge >= 0.3 is 0 Å². The van der Waals surface area contributed by atoms with E-state index in [2.05, 4.69) is 47.5 Å². The Labute approximate surface area is 166 Å². The van der Waals surface area contributed by atoms with Crippen LogP contribution >= 0.6 is 11.8 Å². The van der Waals surface area contributed by atoms with Crippen molar-refractivity contribution in [2.24, 2.45) is 0 Å². The Kier molecular flexibility index (Phi) is 6.94. The standard InChI is InChI=1S/C22H28N2O2S/c1-16-4-7-18(8-5-16)21(15-24-10-12-26-13-11-24)23-22(25)20-14-19(27-3)9-6-17(20)2/h4-9,14,21H,10-13,15H2,1-3H3,(H,23,25). The molecule has 1 atom stereocenters. The lowest BCUT2D eigenvalue weighted by molar-refractivity contribution is 0.0332. The first-order valence-corrected chi connectivity index (χ1v) is 10.6. The SMILES string of the molecule is CSc1ccc(C)c(C(=O)NC(CN2CCOCC2)c2ccc(C)cc2)c1. The molecule has 5 heteroatoms. The number of carbonyl (C=O) groups is 1. The van der Waals surface area contributed by atoms with Gasteiger partial charge in [-0.25, -0.2) is 0 Å². The van der Waals surface area contributed by atoms with E-state index in [0.717, 1.165) is 54.4 Å². The van der Waals surface area contributed by atoms with Crippen molar-refractivity contribution in [1.29, 1.82) is 0 Å². The van der Waals surface area contributed by atoms with E-state index in [1.807, 2.05) is 25.3 Å². The van der Waals surface area contributed by atoms with Crippen LogP contribution in [-0.4, -0.2) is 49.9 Å². The Bertz CT molecular complexity index is 770. The van der Waals surface area contributed by atoms with Gasteiger partial charge < -0.3 is 10.1 Å². The zero-order valence-corrected chi connectivity index (χ0v) is 17.1. The first-order chi connectivity index (χ1) is 13.1. The molecule has 2 aromatic carbocycles. The van der Waals surface area contributed by atoms with Gasteiger partial charge in [-0.1, -0.05) is 35.9 Å². The fourth-order valence-electron chi connectivity index (χ4n) is 3.28. The lowest BCUT2D eigenvalue weighted by atomic mass is 10.0. The second kappa shape index (κ2) is 9.40. The van der Waals surface area contributed by atoms with E-state index >= 15 is 0 Å². The van der Waals surface area contributed by atoms with Crippen LogP contribution in [0.25, 0.3) is 0 Å². The molecule has 0 spiro atoms. The summed E-state index contributed by atoms with van der Waals surface area (Å²) >= 11 is 1.65. The lowest BCUT2D eigenvalue weighted by Gasteiger charge is -2.31. The Morgan fingerprint density at radius 3 is 2.52 bits per heavy atom. The molecule has 0 aromatic heterocycles. The number of amides is 1.